The van der Waals surface area contributed by atoms with Crippen LogP contribution in [0.3, 0.4) is 0 Å². The predicted molar refractivity (Wildman–Crippen MR) is 131 cm³/mol. The largest absolute Gasteiger partial charge is 0.484 e. The number of rotatable bonds is 9. The van der Waals surface area contributed by atoms with E-state index in [4.69, 9.17) is 9.47 Å². The topological polar surface area (TPSA) is 64.6 Å². The van der Waals surface area contributed by atoms with Crippen LogP contribution in [0.5, 0.6) is 5.75 Å². The fourth-order valence-corrected chi connectivity index (χ4v) is 3.35. The Kier molecular flexibility index (Phi) is 7.88. The molecule has 0 saturated carbocycles. The van der Waals surface area contributed by atoms with Gasteiger partial charge < -0.3 is 14.8 Å². The summed E-state index contributed by atoms with van der Waals surface area (Å²) in [5.41, 5.74) is 3.30. The molecule has 3 aromatic rings. The minimum absolute atomic E-state index is 0.112. The van der Waals surface area contributed by atoms with Crippen LogP contribution in [0.25, 0.3) is 0 Å². The lowest BCUT2D eigenvalue weighted by molar-refractivity contribution is -0.118. The van der Waals surface area contributed by atoms with Crippen molar-refractivity contribution in [3.63, 3.8) is 0 Å². The number of amides is 1. The molecule has 172 valence electrons. The zero-order valence-electron chi connectivity index (χ0n) is 19.6. The standard InChI is InChI=1S/C28H31NO4/c1-20(2)18-33-27(31)21-10-14-24(15-11-21)29-26(30)19-32-25-16-12-23(13-17-25)28(3,4)22-8-6-5-7-9-22/h5-17,20H,18-19H2,1-4H3,(H,29,30). The van der Waals surface area contributed by atoms with Crippen LogP contribution in [0, 0.1) is 5.92 Å². The molecule has 0 aliphatic rings. The Hall–Kier alpha value is -3.60. The monoisotopic (exact) mass is 445 g/mol. The van der Waals surface area contributed by atoms with Gasteiger partial charge in [0, 0.05) is 11.1 Å². The van der Waals surface area contributed by atoms with Crippen LogP contribution in [-0.4, -0.2) is 25.1 Å². The van der Waals surface area contributed by atoms with Gasteiger partial charge in [-0.25, -0.2) is 4.79 Å². The molecule has 5 heteroatoms. The van der Waals surface area contributed by atoms with E-state index in [1.165, 1.54) is 5.56 Å². The first-order valence-corrected chi connectivity index (χ1v) is 11.1. The van der Waals surface area contributed by atoms with E-state index in [1.54, 1.807) is 24.3 Å². The van der Waals surface area contributed by atoms with Gasteiger partial charge in [0.05, 0.1) is 12.2 Å². The summed E-state index contributed by atoms with van der Waals surface area (Å²) in [7, 11) is 0. The smallest absolute Gasteiger partial charge is 0.338 e. The second-order valence-corrected chi connectivity index (χ2v) is 8.92. The number of ether oxygens (including phenoxy) is 2. The second kappa shape index (κ2) is 10.8. The Morgan fingerprint density at radius 2 is 1.45 bits per heavy atom. The van der Waals surface area contributed by atoms with Gasteiger partial charge in [0.15, 0.2) is 6.61 Å². The molecule has 0 spiro atoms. The van der Waals surface area contributed by atoms with Gasteiger partial charge in [-0.15, -0.1) is 0 Å². The minimum Gasteiger partial charge on any atom is -0.484 e. The van der Waals surface area contributed by atoms with E-state index in [1.807, 2.05) is 56.3 Å². The van der Waals surface area contributed by atoms with E-state index in [-0.39, 0.29) is 29.8 Å². The average molecular weight is 446 g/mol. The summed E-state index contributed by atoms with van der Waals surface area (Å²) in [6.45, 7) is 8.59. The molecule has 0 aromatic heterocycles. The van der Waals surface area contributed by atoms with E-state index >= 15 is 0 Å². The van der Waals surface area contributed by atoms with Crippen LogP contribution < -0.4 is 10.1 Å². The summed E-state index contributed by atoms with van der Waals surface area (Å²) in [4.78, 5) is 24.2. The fraction of sp³-hybridized carbons (Fsp3) is 0.286. The molecule has 3 aromatic carbocycles. The summed E-state index contributed by atoms with van der Waals surface area (Å²) in [5.74, 6) is 0.252. The molecule has 1 N–H and O–H groups in total. The molecule has 0 fully saturated rings. The summed E-state index contributed by atoms with van der Waals surface area (Å²) >= 11 is 0. The third-order valence-corrected chi connectivity index (χ3v) is 5.39. The maximum absolute atomic E-state index is 12.3. The van der Waals surface area contributed by atoms with E-state index < -0.39 is 0 Å². The van der Waals surface area contributed by atoms with Crippen molar-refractivity contribution in [3.05, 3.63) is 95.6 Å². The summed E-state index contributed by atoms with van der Waals surface area (Å²) < 4.78 is 10.8. The van der Waals surface area contributed by atoms with Crippen molar-refractivity contribution in [3.8, 4) is 5.75 Å². The number of benzene rings is 3. The molecule has 0 atom stereocenters. The second-order valence-electron chi connectivity index (χ2n) is 8.92. The number of carbonyl (C=O) groups excluding carboxylic acids is 2. The normalized spacial score (nSPS) is 11.2. The van der Waals surface area contributed by atoms with Crippen LogP contribution in [0.1, 0.15) is 49.2 Å². The van der Waals surface area contributed by atoms with E-state index in [0.29, 0.717) is 23.6 Å². The van der Waals surface area contributed by atoms with Gasteiger partial charge in [-0.3, -0.25) is 4.79 Å². The number of anilines is 1. The Morgan fingerprint density at radius 1 is 0.848 bits per heavy atom. The van der Waals surface area contributed by atoms with Crippen molar-refractivity contribution in [2.24, 2.45) is 5.92 Å². The molecule has 0 saturated heterocycles. The zero-order valence-corrected chi connectivity index (χ0v) is 19.6. The SMILES string of the molecule is CC(C)COC(=O)c1ccc(NC(=O)COc2ccc(C(C)(C)c3ccccc3)cc2)cc1. The molecular formula is C28H31NO4. The molecule has 0 aliphatic heterocycles. The predicted octanol–water partition coefficient (Wildman–Crippen LogP) is 5.84. The molecule has 5 nitrogen and oxygen atoms in total. The summed E-state index contributed by atoms with van der Waals surface area (Å²) in [6.07, 6.45) is 0. The molecule has 1 amide bonds. The molecule has 0 unspecified atom stereocenters. The molecule has 0 bridgehead atoms. The first-order chi connectivity index (χ1) is 15.8. The van der Waals surface area contributed by atoms with Gasteiger partial charge in [0.1, 0.15) is 5.75 Å². The molecule has 0 aliphatic carbocycles. The highest BCUT2D eigenvalue weighted by Gasteiger charge is 2.22. The fourth-order valence-electron chi connectivity index (χ4n) is 3.35. The van der Waals surface area contributed by atoms with Crippen molar-refractivity contribution in [2.75, 3.05) is 18.5 Å². The van der Waals surface area contributed by atoms with Gasteiger partial charge in [-0.1, -0.05) is 70.2 Å². The summed E-state index contributed by atoms with van der Waals surface area (Å²) in [6, 6.07) is 24.7. The van der Waals surface area contributed by atoms with Gasteiger partial charge >= 0.3 is 5.97 Å². The number of esters is 1. The van der Waals surface area contributed by atoms with E-state index in [2.05, 4.69) is 31.3 Å². The quantitative estimate of drug-likeness (QED) is 0.420. The Morgan fingerprint density at radius 3 is 2.06 bits per heavy atom. The van der Waals surface area contributed by atoms with E-state index in [9.17, 15) is 9.59 Å². The number of nitrogens with one attached hydrogen (secondary N) is 1. The lowest BCUT2D eigenvalue weighted by Crippen LogP contribution is -2.20. The average Bonchev–Trinajstić information content (AvgIpc) is 2.82. The minimum atomic E-state index is -0.371. The van der Waals surface area contributed by atoms with Crippen molar-refractivity contribution in [1.29, 1.82) is 0 Å². The van der Waals surface area contributed by atoms with Crippen molar-refractivity contribution in [2.45, 2.75) is 33.1 Å². The maximum atomic E-state index is 12.3. The highest BCUT2D eigenvalue weighted by molar-refractivity contribution is 5.93. The van der Waals surface area contributed by atoms with Crippen LogP contribution >= 0.6 is 0 Å². The van der Waals surface area contributed by atoms with Gasteiger partial charge in [0.2, 0.25) is 0 Å². The van der Waals surface area contributed by atoms with Gasteiger partial charge in [-0.05, 0) is 53.4 Å². The van der Waals surface area contributed by atoms with E-state index in [0.717, 1.165) is 5.56 Å². The van der Waals surface area contributed by atoms with Crippen molar-refractivity contribution in [1.82, 2.24) is 0 Å². The third kappa shape index (κ3) is 6.69. The Balaban J connectivity index is 1.51. The molecule has 33 heavy (non-hydrogen) atoms. The van der Waals surface area contributed by atoms with Crippen LogP contribution in [-0.2, 0) is 14.9 Å². The zero-order chi connectivity index (χ0) is 23.8. The summed E-state index contributed by atoms with van der Waals surface area (Å²) in [5, 5.41) is 2.77. The first-order valence-electron chi connectivity index (χ1n) is 11.1. The van der Waals surface area contributed by atoms with Crippen molar-refractivity contribution >= 4 is 17.6 Å². The highest BCUT2D eigenvalue weighted by atomic mass is 16.5. The molecule has 0 heterocycles. The van der Waals surface area contributed by atoms with Crippen LogP contribution in [0.2, 0.25) is 0 Å². The highest BCUT2D eigenvalue weighted by Crippen LogP contribution is 2.32. The molecular weight excluding hydrogens is 414 g/mol. The van der Waals surface area contributed by atoms with Crippen LogP contribution in [0.4, 0.5) is 5.69 Å². The van der Waals surface area contributed by atoms with Crippen molar-refractivity contribution < 1.29 is 19.1 Å². The Labute approximate surface area is 195 Å². The molecule has 0 radical (unpaired) electrons. The maximum Gasteiger partial charge on any atom is 0.338 e. The first kappa shape index (κ1) is 24.1. The van der Waals surface area contributed by atoms with Crippen LogP contribution in [0.15, 0.2) is 78.9 Å². The van der Waals surface area contributed by atoms with Gasteiger partial charge in [0.25, 0.3) is 5.91 Å². The van der Waals surface area contributed by atoms with Gasteiger partial charge in [-0.2, -0.15) is 0 Å². The lowest BCUT2D eigenvalue weighted by Gasteiger charge is -2.26. The Bertz CT molecular complexity index is 1060. The third-order valence-electron chi connectivity index (χ3n) is 5.39. The number of hydrogen-bond donors (Lipinski definition) is 1. The number of carbonyl (C=O) groups is 2. The number of hydrogen-bond acceptors (Lipinski definition) is 4. The molecule has 3 rings (SSSR count). The lowest BCUT2D eigenvalue weighted by atomic mass is 9.78.